The molecular formula is C23H28N4. The van der Waals surface area contributed by atoms with E-state index in [1.807, 2.05) is 0 Å². The number of nitrogens with zero attached hydrogens (tertiary/aromatic N) is 2. The van der Waals surface area contributed by atoms with Crippen molar-refractivity contribution in [3.05, 3.63) is 65.9 Å². The molecule has 1 aliphatic rings. The van der Waals surface area contributed by atoms with Crippen LogP contribution >= 0.6 is 0 Å². The number of benzene rings is 1. The number of anilines is 1. The number of hydrogen-bond donors (Lipinski definition) is 2. The van der Waals surface area contributed by atoms with Crippen LogP contribution in [-0.2, 0) is 6.42 Å². The highest BCUT2D eigenvalue weighted by Gasteiger charge is 2.14. The number of hydrogen-bond acceptors (Lipinski definition) is 3. The number of nitrogens with one attached hydrogen (secondary N) is 2. The SMILES string of the molecule is CN1CC=C(c2c[nH]c3ccc(NCCCCc4ccccc4)nc23)CC1. The van der Waals surface area contributed by atoms with E-state index in [1.54, 1.807) is 0 Å². The molecule has 4 heteroatoms. The number of aryl methyl sites for hydroxylation is 1. The second-order valence-electron chi connectivity index (χ2n) is 7.41. The number of fused-ring (bicyclic) bond motifs is 1. The van der Waals surface area contributed by atoms with E-state index in [9.17, 15) is 0 Å². The van der Waals surface area contributed by atoms with Crippen LogP contribution in [0.4, 0.5) is 5.82 Å². The molecule has 0 fully saturated rings. The third-order valence-electron chi connectivity index (χ3n) is 5.32. The highest BCUT2D eigenvalue weighted by atomic mass is 15.1. The third kappa shape index (κ3) is 4.40. The van der Waals surface area contributed by atoms with Gasteiger partial charge in [0, 0.05) is 31.4 Å². The van der Waals surface area contributed by atoms with Crippen molar-refractivity contribution in [1.29, 1.82) is 0 Å². The minimum absolute atomic E-state index is 0.957. The molecule has 4 rings (SSSR count). The Bertz CT molecular complexity index is 911. The molecule has 0 bridgehead atoms. The zero-order valence-corrected chi connectivity index (χ0v) is 16.0. The van der Waals surface area contributed by atoms with Crippen LogP contribution in [0.3, 0.4) is 0 Å². The Morgan fingerprint density at radius 3 is 2.81 bits per heavy atom. The first-order chi connectivity index (χ1) is 13.3. The zero-order valence-electron chi connectivity index (χ0n) is 16.0. The smallest absolute Gasteiger partial charge is 0.126 e. The van der Waals surface area contributed by atoms with Crippen molar-refractivity contribution < 1.29 is 0 Å². The fraction of sp³-hybridized carbons (Fsp3) is 0.348. The normalized spacial score (nSPS) is 15.1. The van der Waals surface area contributed by atoms with Crippen molar-refractivity contribution in [2.45, 2.75) is 25.7 Å². The fourth-order valence-corrected chi connectivity index (χ4v) is 3.67. The van der Waals surface area contributed by atoms with Crippen LogP contribution < -0.4 is 5.32 Å². The summed E-state index contributed by atoms with van der Waals surface area (Å²) < 4.78 is 0. The highest BCUT2D eigenvalue weighted by Crippen LogP contribution is 2.28. The summed E-state index contributed by atoms with van der Waals surface area (Å²) in [6.45, 7) is 3.08. The van der Waals surface area contributed by atoms with Crippen LogP contribution in [-0.4, -0.2) is 41.5 Å². The van der Waals surface area contributed by atoms with Gasteiger partial charge in [-0.25, -0.2) is 4.98 Å². The van der Waals surface area contributed by atoms with E-state index in [4.69, 9.17) is 4.98 Å². The molecule has 0 aliphatic carbocycles. The quantitative estimate of drug-likeness (QED) is 0.599. The van der Waals surface area contributed by atoms with Crippen LogP contribution in [0.25, 0.3) is 16.6 Å². The summed E-state index contributed by atoms with van der Waals surface area (Å²) in [5.74, 6) is 0.969. The van der Waals surface area contributed by atoms with E-state index in [1.165, 1.54) is 23.1 Å². The first-order valence-electron chi connectivity index (χ1n) is 9.93. The molecule has 140 valence electrons. The van der Waals surface area contributed by atoms with E-state index in [2.05, 4.69) is 77.0 Å². The Morgan fingerprint density at radius 2 is 2.00 bits per heavy atom. The second kappa shape index (κ2) is 8.40. The first-order valence-corrected chi connectivity index (χ1v) is 9.93. The van der Waals surface area contributed by atoms with Gasteiger partial charge in [0.2, 0.25) is 0 Å². The second-order valence-corrected chi connectivity index (χ2v) is 7.41. The number of unbranched alkanes of at least 4 members (excludes halogenated alkanes) is 1. The Hall–Kier alpha value is -2.59. The van der Waals surface area contributed by atoms with E-state index in [0.29, 0.717) is 0 Å². The van der Waals surface area contributed by atoms with Gasteiger partial charge in [0.05, 0.1) is 11.0 Å². The lowest BCUT2D eigenvalue weighted by Gasteiger charge is -2.21. The maximum absolute atomic E-state index is 4.89. The molecule has 4 nitrogen and oxygen atoms in total. The molecule has 2 aromatic heterocycles. The molecule has 0 saturated heterocycles. The molecule has 2 N–H and O–H groups in total. The Kier molecular flexibility index (Phi) is 5.54. The van der Waals surface area contributed by atoms with Gasteiger partial charge in [-0.3, -0.25) is 0 Å². The minimum atomic E-state index is 0.957. The summed E-state index contributed by atoms with van der Waals surface area (Å²) in [5, 5.41) is 3.50. The first kappa shape index (κ1) is 17.8. The van der Waals surface area contributed by atoms with Crippen LogP contribution in [0.1, 0.15) is 30.4 Å². The molecule has 1 aliphatic heterocycles. The molecular weight excluding hydrogens is 332 g/mol. The van der Waals surface area contributed by atoms with Crippen LogP contribution in [0.2, 0.25) is 0 Å². The van der Waals surface area contributed by atoms with Gasteiger partial charge in [-0.1, -0.05) is 36.4 Å². The number of likely N-dealkylation sites (N-methyl/N-ethyl adjacent to an activating group) is 1. The predicted octanol–water partition coefficient (Wildman–Crippen LogP) is 4.72. The number of rotatable bonds is 7. The average Bonchev–Trinajstić information content (AvgIpc) is 3.12. The van der Waals surface area contributed by atoms with Gasteiger partial charge in [0.25, 0.3) is 0 Å². The fourth-order valence-electron chi connectivity index (χ4n) is 3.67. The largest absolute Gasteiger partial charge is 0.370 e. The monoisotopic (exact) mass is 360 g/mol. The number of aromatic nitrogens is 2. The maximum Gasteiger partial charge on any atom is 0.126 e. The lowest BCUT2D eigenvalue weighted by Crippen LogP contribution is -2.23. The maximum atomic E-state index is 4.89. The highest BCUT2D eigenvalue weighted by molar-refractivity contribution is 5.90. The molecule has 0 amide bonds. The van der Waals surface area contributed by atoms with Gasteiger partial charge in [0.15, 0.2) is 0 Å². The molecule has 0 saturated carbocycles. The molecule has 27 heavy (non-hydrogen) atoms. The minimum Gasteiger partial charge on any atom is -0.370 e. The Balaban J connectivity index is 1.36. The summed E-state index contributed by atoms with van der Waals surface area (Å²) in [7, 11) is 2.17. The Labute approximate surface area is 161 Å². The predicted molar refractivity (Wildman–Crippen MR) is 114 cm³/mol. The van der Waals surface area contributed by atoms with Gasteiger partial charge < -0.3 is 15.2 Å². The van der Waals surface area contributed by atoms with Crippen molar-refractivity contribution in [2.24, 2.45) is 0 Å². The van der Waals surface area contributed by atoms with E-state index in [0.717, 1.165) is 55.7 Å². The number of pyridine rings is 1. The molecule has 0 atom stereocenters. The lowest BCUT2D eigenvalue weighted by atomic mass is 10.0. The summed E-state index contributed by atoms with van der Waals surface area (Å²) >= 11 is 0. The summed E-state index contributed by atoms with van der Waals surface area (Å²) in [6.07, 6.45) is 9.00. The van der Waals surface area contributed by atoms with Crippen molar-refractivity contribution in [3.8, 4) is 0 Å². The van der Waals surface area contributed by atoms with Gasteiger partial charge >= 0.3 is 0 Å². The summed E-state index contributed by atoms with van der Waals surface area (Å²) in [6, 6.07) is 14.9. The summed E-state index contributed by atoms with van der Waals surface area (Å²) in [4.78, 5) is 10.6. The standard InChI is InChI=1S/C23H28N4/c1-27-15-12-19(13-16-27)20-17-25-21-10-11-22(26-23(20)21)24-14-6-5-9-18-7-3-2-4-8-18/h2-4,7-8,10-12,17,25H,5-6,9,13-16H2,1H3,(H,24,26). The molecule has 1 aromatic carbocycles. The van der Waals surface area contributed by atoms with Gasteiger partial charge in [-0.05, 0) is 56.0 Å². The van der Waals surface area contributed by atoms with Crippen molar-refractivity contribution >= 4 is 22.4 Å². The van der Waals surface area contributed by atoms with Crippen LogP contribution in [0.5, 0.6) is 0 Å². The van der Waals surface area contributed by atoms with Gasteiger partial charge in [-0.15, -0.1) is 0 Å². The summed E-state index contributed by atoms with van der Waals surface area (Å²) in [5.41, 5.74) is 6.28. The van der Waals surface area contributed by atoms with Crippen LogP contribution in [0, 0.1) is 0 Å². The van der Waals surface area contributed by atoms with Crippen molar-refractivity contribution in [1.82, 2.24) is 14.9 Å². The molecule has 0 radical (unpaired) electrons. The van der Waals surface area contributed by atoms with E-state index in [-0.39, 0.29) is 0 Å². The lowest BCUT2D eigenvalue weighted by molar-refractivity contribution is 0.370. The molecule has 3 heterocycles. The molecule has 0 unspecified atom stereocenters. The zero-order chi connectivity index (χ0) is 18.5. The van der Waals surface area contributed by atoms with Crippen LogP contribution in [0.15, 0.2) is 54.7 Å². The average molecular weight is 361 g/mol. The van der Waals surface area contributed by atoms with Crippen molar-refractivity contribution in [2.75, 3.05) is 32.0 Å². The van der Waals surface area contributed by atoms with E-state index < -0.39 is 0 Å². The topological polar surface area (TPSA) is 44.0 Å². The third-order valence-corrected chi connectivity index (χ3v) is 5.32. The van der Waals surface area contributed by atoms with Gasteiger partial charge in [0.1, 0.15) is 5.82 Å². The number of H-pyrrole nitrogens is 1. The Morgan fingerprint density at radius 1 is 1.11 bits per heavy atom. The number of aromatic amines is 1. The molecule has 0 spiro atoms. The van der Waals surface area contributed by atoms with Crippen molar-refractivity contribution in [3.63, 3.8) is 0 Å². The van der Waals surface area contributed by atoms with E-state index >= 15 is 0 Å². The molecule has 3 aromatic rings. The van der Waals surface area contributed by atoms with Gasteiger partial charge in [-0.2, -0.15) is 0 Å².